The molecule has 2 heterocycles. The van der Waals surface area contributed by atoms with Crippen LogP contribution in [-0.2, 0) is 6.54 Å². The highest BCUT2D eigenvalue weighted by molar-refractivity contribution is 5.96. The number of nitrogens with zero attached hydrogens (tertiary/aromatic N) is 2. The van der Waals surface area contributed by atoms with E-state index in [9.17, 15) is 9.59 Å². The number of fused-ring (bicyclic) bond motifs is 1. The van der Waals surface area contributed by atoms with Crippen molar-refractivity contribution in [2.24, 2.45) is 0 Å². The van der Waals surface area contributed by atoms with Crippen LogP contribution in [0, 0.1) is 0 Å². The Morgan fingerprint density at radius 1 is 1.26 bits per heavy atom. The number of hydrogen-bond acceptors (Lipinski definition) is 3. The van der Waals surface area contributed by atoms with Crippen molar-refractivity contribution in [1.82, 2.24) is 14.5 Å². The largest absolute Gasteiger partial charge is 0.350 e. The molecule has 0 atom stereocenters. The van der Waals surface area contributed by atoms with Crippen molar-refractivity contribution in [3.8, 4) is 0 Å². The lowest BCUT2D eigenvalue weighted by Gasteiger charge is -2.02. The zero-order valence-electron chi connectivity index (χ0n) is 10.0. The molecule has 1 N–H and O–H groups in total. The van der Waals surface area contributed by atoms with Gasteiger partial charge in [0.2, 0.25) is 0 Å². The van der Waals surface area contributed by atoms with Gasteiger partial charge in [-0.05, 0) is 24.3 Å². The Labute approximate surface area is 108 Å². The second-order valence-electron chi connectivity index (χ2n) is 4.23. The molecule has 1 aromatic carbocycles. The van der Waals surface area contributed by atoms with E-state index in [0.29, 0.717) is 17.7 Å². The number of benzene rings is 1. The first-order valence-electron chi connectivity index (χ1n) is 5.85. The summed E-state index contributed by atoms with van der Waals surface area (Å²) < 4.78 is 1.79. The van der Waals surface area contributed by atoms with Crippen LogP contribution in [0.5, 0.6) is 0 Å². The average molecular weight is 253 g/mol. The number of hydrogen-bond donors (Lipinski definition) is 1. The number of Topliss-reactive ketones (excluding diaryl/α,β-unsaturated/α-hetero) is 1. The third kappa shape index (κ3) is 2.06. The number of H-pyrrole nitrogens is 1. The Hall–Kier alpha value is -2.69. The van der Waals surface area contributed by atoms with E-state index in [4.69, 9.17) is 0 Å². The van der Waals surface area contributed by atoms with Gasteiger partial charge in [-0.15, -0.1) is 0 Å². The molecule has 0 aliphatic carbocycles. The number of imidazole rings is 1. The van der Waals surface area contributed by atoms with Crippen molar-refractivity contribution in [2.75, 3.05) is 0 Å². The quantitative estimate of drug-likeness (QED) is 0.571. The zero-order valence-corrected chi connectivity index (χ0v) is 10.0. The SMILES string of the molecule is O=Cc1ccc(C(=O)Cn2cnc3ccccc32)[nH]1. The normalized spacial score (nSPS) is 10.7. The number of rotatable bonds is 4. The molecule has 0 saturated carbocycles. The van der Waals surface area contributed by atoms with E-state index >= 15 is 0 Å². The smallest absolute Gasteiger partial charge is 0.198 e. The first-order valence-corrected chi connectivity index (χ1v) is 5.85. The molecule has 0 unspecified atom stereocenters. The Bertz CT molecular complexity index is 755. The van der Waals surface area contributed by atoms with Crippen molar-refractivity contribution >= 4 is 23.1 Å². The first-order chi connectivity index (χ1) is 9.28. The summed E-state index contributed by atoms with van der Waals surface area (Å²) in [7, 11) is 0. The minimum Gasteiger partial charge on any atom is -0.350 e. The number of aromatic amines is 1. The van der Waals surface area contributed by atoms with E-state index in [1.54, 1.807) is 23.0 Å². The molecule has 3 rings (SSSR count). The molecule has 0 fully saturated rings. The fourth-order valence-electron chi connectivity index (χ4n) is 2.02. The molecule has 94 valence electrons. The Balaban J connectivity index is 1.88. The molecule has 0 aliphatic rings. The molecular weight excluding hydrogens is 242 g/mol. The minimum absolute atomic E-state index is 0.0868. The fourth-order valence-corrected chi connectivity index (χ4v) is 2.02. The summed E-state index contributed by atoms with van der Waals surface area (Å²) in [6.07, 6.45) is 2.33. The van der Waals surface area contributed by atoms with Gasteiger partial charge in [0.1, 0.15) is 0 Å². The highest BCUT2D eigenvalue weighted by Crippen LogP contribution is 2.12. The lowest BCUT2D eigenvalue weighted by molar-refractivity contribution is 0.0969. The first kappa shape index (κ1) is 11.4. The minimum atomic E-state index is -0.0868. The lowest BCUT2D eigenvalue weighted by atomic mass is 10.2. The van der Waals surface area contributed by atoms with Crippen LogP contribution in [0.15, 0.2) is 42.7 Å². The molecule has 5 nitrogen and oxygen atoms in total. The topological polar surface area (TPSA) is 67.8 Å². The molecule has 0 amide bonds. The number of ketones is 1. The Morgan fingerprint density at radius 3 is 2.89 bits per heavy atom. The van der Waals surface area contributed by atoms with E-state index in [1.165, 1.54) is 0 Å². The van der Waals surface area contributed by atoms with Gasteiger partial charge >= 0.3 is 0 Å². The standard InChI is InChI=1S/C14H11N3O2/c18-8-10-5-6-12(16-10)14(19)7-17-9-15-11-3-1-2-4-13(11)17/h1-6,8-9,16H,7H2. The molecule has 0 aliphatic heterocycles. The number of carbonyl (C=O) groups is 2. The van der Waals surface area contributed by atoms with Crippen LogP contribution in [0.4, 0.5) is 0 Å². The summed E-state index contributed by atoms with van der Waals surface area (Å²) in [5.41, 5.74) is 2.60. The number of para-hydroxylation sites is 2. The van der Waals surface area contributed by atoms with E-state index in [2.05, 4.69) is 9.97 Å². The summed E-state index contributed by atoms with van der Waals surface area (Å²) in [5.74, 6) is -0.0868. The summed E-state index contributed by atoms with van der Waals surface area (Å²) in [5, 5.41) is 0. The van der Waals surface area contributed by atoms with Gasteiger partial charge in [0.15, 0.2) is 12.1 Å². The average Bonchev–Trinajstić information content (AvgIpc) is 3.06. The fraction of sp³-hybridized carbons (Fsp3) is 0.0714. The lowest BCUT2D eigenvalue weighted by Crippen LogP contribution is -2.10. The molecule has 2 aromatic heterocycles. The molecule has 0 bridgehead atoms. The monoisotopic (exact) mass is 253 g/mol. The summed E-state index contributed by atoms with van der Waals surface area (Å²) >= 11 is 0. The third-order valence-corrected chi connectivity index (χ3v) is 2.98. The van der Waals surface area contributed by atoms with Gasteiger partial charge < -0.3 is 9.55 Å². The van der Waals surface area contributed by atoms with Crippen LogP contribution < -0.4 is 0 Å². The van der Waals surface area contributed by atoms with E-state index < -0.39 is 0 Å². The van der Waals surface area contributed by atoms with Crippen molar-refractivity contribution in [2.45, 2.75) is 6.54 Å². The number of carbonyl (C=O) groups excluding carboxylic acids is 2. The second-order valence-corrected chi connectivity index (χ2v) is 4.23. The summed E-state index contributed by atoms with van der Waals surface area (Å²) in [4.78, 5) is 29.7. The summed E-state index contributed by atoms with van der Waals surface area (Å²) in [6, 6.07) is 10.8. The molecule has 3 aromatic rings. The molecule has 0 radical (unpaired) electrons. The van der Waals surface area contributed by atoms with Gasteiger partial charge in [0.25, 0.3) is 0 Å². The van der Waals surface area contributed by atoms with Gasteiger partial charge in [0.05, 0.1) is 35.3 Å². The zero-order chi connectivity index (χ0) is 13.2. The van der Waals surface area contributed by atoms with Crippen molar-refractivity contribution in [3.05, 3.63) is 54.1 Å². The maximum atomic E-state index is 12.1. The maximum absolute atomic E-state index is 12.1. The molecule has 5 heteroatoms. The Morgan fingerprint density at radius 2 is 2.11 bits per heavy atom. The van der Waals surface area contributed by atoms with Crippen LogP contribution in [0.2, 0.25) is 0 Å². The molecular formula is C14H11N3O2. The van der Waals surface area contributed by atoms with Crippen molar-refractivity contribution in [3.63, 3.8) is 0 Å². The highest BCUT2D eigenvalue weighted by atomic mass is 16.1. The van der Waals surface area contributed by atoms with E-state index in [-0.39, 0.29) is 12.3 Å². The van der Waals surface area contributed by atoms with Crippen LogP contribution in [-0.4, -0.2) is 26.6 Å². The number of aromatic nitrogens is 3. The number of nitrogens with one attached hydrogen (secondary N) is 1. The Kier molecular flexibility index (Phi) is 2.72. The van der Waals surface area contributed by atoms with Crippen LogP contribution in [0.3, 0.4) is 0 Å². The molecule has 0 spiro atoms. The van der Waals surface area contributed by atoms with Gasteiger partial charge in [-0.1, -0.05) is 12.1 Å². The van der Waals surface area contributed by atoms with E-state index in [0.717, 1.165) is 11.0 Å². The highest BCUT2D eigenvalue weighted by Gasteiger charge is 2.11. The van der Waals surface area contributed by atoms with E-state index in [1.807, 2.05) is 24.3 Å². The van der Waals surface area contributed by atoms with Gasteiger partial charge in [-0.25, -0.2) is 4.98 Å². The van der Waals surface area contributed by atoms with Gasteiger partial charge in [-0.2, -0.15) is 0 Å². The van der Waals surface area contributed by atoms with Crippen LogP contribution in [0.1, 0.15) is 21.0 Å². The van der Waals surface area contributed by atoms with Gasteiger partial charge in [-0.3, -0.25) is 9.59 Å². The van der Waals surface area contributed by atoms with Crippen molar-refractivity contribution < 1.29 is 9.59 Å². The number of aldehydes is 1. The summed E-state index contributed by atoms with van der Waals surface area (Å²) in [6.45, 7) is 0.194. The van der Waals surface area contributed by atoms with Crippen LogP contribution >= 0.6 is 0 Å². The predicted octanol–water partition coefficient (Wildman–Crippen LogP) is 2.06. The second kappa shape index (κ2) is 4.53. The predicted molar refractivity (Wildman–Crippen MR) is 70.2 cm³/mol. The van der Waals surface area contributed by atoms with Gasteiger partial charge in [0, 0.05) is 0 Å². The maximum Gasteiger partial charge on any atom is 0.198 e. The molecule has 0 saturated heterocycles. The van der Waals surface area contributed by atoms with Crippen molar-refractivity contribution in [1.29, 1.82) is 0 Å². The third-order valence-electron chi connectivity index (χ3n) is 2.98. The molecule has 19 heavy (non-hydrogen) atoms. The van der Waals surface area contributed by atoms with Crippen LogP contribution in [0.25, 0.3) is 11.0 Å².